The number of fused-ring (bicyclic) bond motifs is 1. The Hall–Kier alpha value is -2.67. The van der Waals surface area contributed by atoms with E-state index >= 15 is 0 Å². The molecule has 7 heteroatoms. The Labute approximate surface area is 195 Å². The van der Waals surface area contributed by atoms with Crippen LogP contribution in [0.15, 0.2) is 21.1 Å². The Morgan fingerprint density at radius 3 is 2.61 bits per heavy atom. The van der Waals surface area contributed by atoms with E-state index in [1.165, 1.54) is 38.6 Å². The van der Waals surface area contributed by atoms with Crippen LogP contribution in [0.4, 0.5) is 0 Å². The van der Waals surface area contributed by atoms with Crippen LogP contribution >= 0.6 is 0 Å². The van der Waals surface area contributed by atoms with Gasteiger partial charge in [0.2, 0.25) is 0 Å². The zero-order chi connectivity index (χ0) is 22.9. The number of carbonyl (C=O) groups excluding carboxylic acids is 1. The highest BCUT2D eigenvalue weighted by Crippen LogP contribution is 2.31. The Morgan fingerprint density at radius 2 is 1.85 bits per heavy atom. The first-order valence-electron chi connectivity index (χ1n) is 12.4. The van der Waals surface area contributed by atoms with Crippen LogP contribution in [0.3, 0.4) is 0 Å². The summed E-state index contributed by atoms with van der Waals surface area (Å²) in [6.07, 6.45) is 7.85. The molecule has 3 aromatic rings. The molecular formula is C26H34N4O3. The van der Waals surface area contributed by atoms with Gasteiger partial charge < -0.3 is 18.7 Å². The fourth-order valence-corrected chi connectivity index (χ4v) is 5.55. The van der Waals surface area contributed by atoms with Gasteiger partial charge >= 0.3 is 0 Å². The van der Waals surface area contributed by atoms with Crippen LogP contribution in [0.2, 0.25) is 0 Å². The van der Waals surface area contributed by atoms with Gasteiger partial charge in [-0.1, -0.05) is 24.4 Å². The smallest absolute Gasteiger partial charge is 0.259 e. The molecule has 3 aromatic heterocycles. The van der Waals surface area contributed by atoms with Gasteiger partial charge in [-0.3, -0.25) is 4.79 Å². The van der Waals surface area contributed by atoms with Crippen molar-refractivity contribution in [1.82, 2.24) is 19.9 Å². The van der Waals surface area contributed by atoms with E-state index in [9.17, 15) is 4.79 Å². The van der Waals surface area contributed by atoms with Crippen molar-refractivity contribution in [2.75, 3.05) is 32.7 Å². The summed E-state index contributed by atoms with van der Waals surface area (Å²) in [6, 6.07) is 3.84. The van der Waals surface area contributed by atoms with Gasteiger partial charge in [0, 0.05) is 31.7 Å². The lowest BCUT2D eigenvalue weighted by Gasteiger charge is -2.28. The zero-order valence-corrected chi connectivity index (χ0v) is 20.0. The first-order valence-corrected chi connectivity index (χ1v) is 12.4. The van der Waals surface area contributed by atoms with Crippen molar-refractivity contribution < 1.29 is 13.7 Å². The summed E-state index contributed by atoms with van der Waals surface area (Å²) < 4.78 is 11.2. The second-order valence-corrected chi connectivity index (χ2v) is 9.78. The summed E-state index contributed by atoms with van der Waals surface area (Å²) in [5.74, 6) is 2.45. The number of aryl methyl sites for hydroxylation is 3. The molecule has 176 valence electrons. The van der Waals surface area contributed by atoms with Gasteiger partial charge in [-0.15, -0.1) is 0 Å². The molecule has 1 aliphatic heterocycles. The molecule has 2 fully saturated rings. The van der Waals surface area contributed by atoms with Crippen molar-refractivity contribution in [2.24, 2.45) is 5.92 Å². The SMILES string of the molecule is Cc1cc(-c2cc(C(=O)N3CCCN(CC4CCCCC4)CC3)c3c(C)noc3n2)c(C)o1. The number of pyridine rings is 1. The van der Waals surface area contributed by atoms with Crippen molar-refractivity contribution in [3.63, 3.8) is 0 Å². The number of rotatable bonds is 4. The van der Waals surface area contributed by atoms with Crippen molar-refractivity contribution in [2.45, 2.75) is 59.3 Å². The molecule has 0 spiro atoms. The van der Waals surface area contributed by atoms with Crippen LogP contribution in [-0.2, 0) is 0 Å². The van der Waals surface area contributed by atoms with E-state index in [1.54, 1.807) is 0 Å². The molecular weight excluding hydrogens is 416 g/mol. The molecule has 7 nitrogen and oxygen atoms in total. The Morgan fingerprint density at radius 1 is 1.03 bits per heavy atom. The summed E-state index contributed by atoms with van der Waals surface area (Å²) >= 11 is 0. The topological polar surface area (TPSA) is 75.6 Å². The van der Waals surface area contributed by atoms with Gasteiger partial charge in [-0.2, -0.15) is 0 Å². The van der Waals surface area contributed by atoms with E-state index in [1.807, 2.05) is 37.8 Å². The molecule has 2 aliphatic rings. The normalized spacial score (nSPS) is 18.7. The van der Waals surface area contributed by atoms with Gasteiger partial charge in [-0.25, -0.2) is 4.98 Å². The molecule has 0 N–H and O–H groups in total. The standard InChI is InChI=1S/C26H34N4O3/c1-17-14-21(19(3)32-17)23-15-22(24-18(2)28-33-25(24)27-23)26(31)30-11-7-10-29(12-13-30)16-20-8-5-4-6-9-20/h14-15,20H,4-13,16H2,1-3H3. The van der Waals surface area contributed by atoms with Gasteiger partial charge in [0.25, 0.3) is 11.6 Å². The lowest BCUT2D eigenvalue weighted by molar-refractivity contribution is 0.0761. The number of hydrogen-bond acceptors (Lipinski definition) is 6. The van der Waals surface area contributed by atoms with Gasteiger partial charge in [0.1, 0.15) is 11.5 Å². The molecule has 0 unspecified atom stereocenters. The third-order valence-corrected chi connectivity index (χ3v) is 7.28. The highest BCUT2D eigenvalue weighted by molar-refractivity contribution is 6.07. The number of hydrogen-bond donors (Lipinski definition) is 0. The molecule has 0 bridgehead atoms. The fourth-order valence-electron chi connectivity index (χ4n) is 5.55. The number of aromatic nitrogens is 2. The Bertz CT molecular complexity index is 1140. The average molecular weight is 451 g/mol. The highest BCUT2D eigenvalue weighted by Gasteiger charge is 2.27. The average Bonchev–Trinajstić information content (AvgIpc) is 3.26. The van der Waals surface area contributed by atoms with E-state index in [0.717, 1.165) is 55.6 Å². The predicted octanol–water partition coefficient (Wildman–Crippen LogP) is 5.14. The lowest BCUT2D eigenvalue weighted by atomic mass is 9.89. The van der Waals surface area contributed by atoms with Crippen LogP contribution in [0.1, 0.15) is 66.1 Å². The van der Waals surface area contributed by atoms with Crippen molar-refractivity contribution in [1.29, 1.82) is 0 Å². The lowest BCUT2D eigenvalue weighted by Crippen LogP contribution is -2.37. The van der Waals surface area contributed by atoms with Crippen molar-refractivity contribution in [3.05, 3.63) is 34.9 Å². The van der Waals surface area contributed by atoms with E-state index in [0.29, 0.717) is 28.1 Å². The highest BCUT2D eigenvalue weighted by atomic mass is 16.5. The van der Waals surface area contributed by atoms with Crippen LogP contribution in [0.25, 0.3) is 22.4 Å². The number of amides is 1. The maximum absolute atomic E-state index is 13.8. The third kappa shape index (κ3) is 4.56. The zero-order valence-electron chi connectivity index (χ0n) is 20.0. The maximum atomic E-state index is 13.8. The van der Waals surface area contributed by atoms with E-state index in [-0.39, 0.29) is 5.91 Å². The molecule has 0 aromatic carbocycles. The van der Waals surface area contributed by atoms with Crippen LogP contribution in [-0.4, -0.2) is 58.6 Å². The second kappa shape index (κ2) is 9.29. The molecule has 1 saturated carbocycles. The number of carbonyl (C=O) groups is 1. The molecule has 33 heavy (non-hydrogen) atoms. The maximum Gasteiger partial charge on any atom is 0.259 e. The van der Waals surface area contributed by atoms with Crippen LogP contribution in [0.5, 0.6) is 0 Å². The predicted molar refractivity (Wildman–Crippen MR) is 127 cm³/mol. The Kier molecular flexibility index (Phi) is 6.23. The first-order chi connectivity index (χ1) is 16.0. The molecule has 0 atom stereocenters. The minimum atomic E-state index is 0.0346. The molecule has 1 saturated heterocycles. The van der Waals surface area contributed by atoms with Crippen LogP contribution in [0, 0.1) is 26.7 Å². The minimum absolute atomic E-state index is 0.0346. The van der Waals surface area contributed by atoms with Crippen molar-refractivity contribution >= 4 is 17.0 Å². The summed E-state index contributed by atoms with van der Waals surface area (Å²) in [7, 11) is 0. The minimum Gasteiger partial charge on any atom is -0.466 e. The summed E-state index contributed by atoms with van der Waals surface area (Å²) in [5.41, 5.74) is 3.28. The van der Waals surface area contributed by atoms with Gasteiger partial charge in [0.15, 0.2) is 0 Å². The van der Waals surface area contributed by atoms with E-state index in [2.05, 4.69) is 15.0 Å². The Balaban J connectivity index is 1.39. The van der Waals surface area contributed by atoms with Crippen molar-refractivity contribution in [3.8, 4) is 11.3 Å². The largest absolute Gasteiger partial charge is 0.466 e. The number of nitrogens with zero attached hydrogens (tertiary/aromatic N) is 4. The third-order valence-electron chi connectivity index (χ3n) is 7.28. The van der Waals surface area contributed by atoms with E-state index < -0.39 is 0 Å². The molecule has 4 heterocycles. The van der Waals surface area contributed by atoms with E-state index in [4.69, 9.17) is 8.94 Å². The molecule has 1 amide bonds. The first kappa shape index (κ1) is 22.1. The second-order valence-electron chi connectivity index (χ2n) is 9.78. The summed E-state index contributed by atoms with van der Waals surface area (Å²) in [6.45, 7) is 10.4. The summed E-state index contributed by atoms with van der Waals surface area (Å²) in [4.78, 5) is 23.0. The van der Waals surface area contributed by atoms with Gasteiger partial charge in [-0.05, 0) is 64.6 Å². The van der Waals surface area contributed by atoms with Gasteiger partial charge in [0.05, 0.1) is 22.3 Å². The summed E-state index contributed by atoms with van der Waals surface area (Å²) in [5, 5.41) is 4.81. The molecule has 1 aliphatic carbocycles. The monoisotopic (exact) mass is 450 g/mol. The molecule has 5 rings (SSSR count). The molecule has 0 radical (unpaired) electrons. The fraction of sp³-hybridized carbons (Fsp3) is 0.577. The quantitative estimate of drug-likeness (QED) is 0.548. The van der Waals surface area contributed by atoms with Crippen LogP contribution < -0.4 is 0 Å². The number of furan rings is 1.